The van der Waals surface area contributed by atoms with E-state index in [9.17, 15) is 4.79 Å². The van der Waals surface area contributed by atoms with E-state index in [1.54, 1.807) is 29.1 Å². The zero-order chi connectivity index (χ0) is 20.2. The van der Waals surface area contributed by atoms with Crippen LogP contribution in [0.1, 0.15) is 15.9 Å². The van der Waals surface area contributed by atoms with Crippen LogP contribution in [0.2, 0.25) is 10.0 Å². The third kappa shape index (κ3) is 4.31. The highest BCUT2D eigenvalue weighted by Gasteiger charge is 2.11. The summed E-state index contributed by atoms with van der Waals surface area (Å²) in [5.74, 6) is -0.173. The number of carbonyl (C=O) groups excluding carboxylic acids is 1. The molecule has 144 valence electrons. The molecule has 0 aliphatic carbocycles. The predicted molar refractivity (Wildman–Crippen MR) is 114 cm³/mol. The summed E-state index contributed by atoms with van der Waals surface area (Å²) in [6.07, 6.45) is 1.69. The molecule has 0 atom stereocenters. The van der Waals surface area contributed by atoms with Crippen LogP contribution < -0.4 is 5.32 Å². The normalized spacial score (nSPS) is 10.7. The summed E-state index contributed by atoms with van der Waals surface area (Å²) in [7, 11) is 0. The van der Waals surface area contributed by atoms with E-state index in [4.69, 9.17) is 23.2 Å². The maximum Gasteiger partial charge on any atom is 0.251 e. The van der Waals surface area contributed by atoms with Crippen molar-refractivity contribution < 1.29 is 4.79 Å². The van der Waals surface area contributed by atoms with Crippen molar-refractivity contribution in [3.05, 3.63) is 100 Å². The molecule has 5 nitrogen and oxygen atoms in total. The number of benzene rings is 3. The standard InChI is InChI=1S/C22H16Cl2N4O/c23-18-9-5-15(6-10-18)21-14-26-27-28(21)19-11-7-16(8-12-19)22(29)25-13-17-3-1-2-4-20(17)24/h1-12,14H,13H2,(H,25,29). The molecule has 1 amide bonds. The number of hydrogen-bond acceptors (Lipinski definition) is 3. The highest BCUT2D eigenvalue weighted by Crippen LogP contribution is 2.23. The molecule has 1 aromatic heterocycles. The van der Waals surface area contributed by atoms with Crippen LogP contribution in [-0.2, 0) is 6.54 Å². The molecule has 0 spiro atoms. The molecule has 0 fully saturated rings. The van der Waals surface area contributed by atoms with E-state index < -0.39 is 0 Å². The van der Waals surface area contributed by atoms with Gasteiger partial charge in [0.25, 0.3) is 5.91 Å². The fourth-order valence-corrected chi connectivity index (χ4v) is 3.25. The van der Waals surface area contributed by atoms with Crippen molar-refractivity contribution in [1.82, 2.24) is 20.3 Å². The summed E-state index contributed by atoms with van der Waals surface area (Å²) < 4.78 is 1.72. The number of halogens is 2. The second-order valence-corrected chi connectivity index (χ2v) is 7.20. The predicted octanol–water partition coefficient (Wildman–Crippen LogP) is 5.17. The Balaban J connectivity index is 1.50. The van der Waals surface area contributed by atoms with Crippen molar-refractivity contribution in [3.63, 3.8) is 0 Å². The summed E-state index contributed by atoms with van der Waals surface area (Å²) in [5.41, 5.74) is 4.00. The van der Waals surface area contributed by atoms with Crippen LogP contribution in [0.15, 0.2) is 79.0 Å². The van der Waals surface area contributed by atoms with E-state index in [1.165, 1.54) is 0 Å². The third-order valence-electron chi connectivity index (χ3n) is 4.46. The van der Waals surface area contributed by atoms with Gasteiger partial charge in [0.1, 0.15) is 0 Å². The minimum absolute atomic E-state index is 0.173. The van der Waals surface area contributed by atoms with E-state index in [0.717, 1.165) is 22.5 Å². The minimum Gasteiger partial charge on any atom is -0.348 e. The van der Waals surface area contributed by atoms with Gasteiger partial charge in [-0.05, 0) is 48.0 Å². The summed E-state index contributed by atoms with van der Waals surface area (Å²) >= 11 is 12.1. The second-order valence-electron chi connectivity index (χ2n) is 6.36. The van der Waals surface area contributed by atoms with Crippen LogP contribution >= 0.6 is 23.2 Å². The lowest BCUT2D eigenvalue weighted by Gasteiger charge is -2.09. The lowest BCUT2D eigenvalue weighted by atomic mass is 10.1. The van der Waals surface area contributed by atoms with Crippen molar-refractivity contribution in [2.24, 2.45) is 0 Å². The molecule has 4 aromatic rings. The molecule has 1 heterocycles. The smallest absolute Gasteiger partial charge is 0.251 e. The SMILES string of the molecule is O=C(NCc1ccccc1Cl)c1ccc(-n2nncc2-c2ccc(Cl)cc2)cc1. The molecule has 7 heteroatoms. The van der Waals surface area contributed by atoms with Gasteiger partial charge in [0, 0.05) is 27.7 Å². The molecule has 0 saturated carbocycles. The molecular weight excluding hydrogens is 407 g/mol. The van der Waals surface area contributed by atoms with Crippen molar-refractivity contribution >= 4 is 29.1 Å². The average molecular weight is 423 g/mol. The Morgan fingerprint density at radius 2 is 1.66 bits per heavy atom. The number of nitrogens with zero attached hydrogens (tertiary/aromatic N) is 3. The molecule has 0 unspecified atom stereocenters. The third-order valence-corrected chi connectivity index (χ3v) is 5.08. The Morgan fingerprint density at radius 1 is 0.931 bits per heavy atom. The first-order chi connectivity index (χ1) is 14.1. The quantitative estimate of drug-likeness (QED) is 0.482. The Hall–Kier alpha value is -3.15. The zero-order valence-corrected chi connectivity index (χ0v) is 16.7. The Labute approximate surface area is 177 Å². The number of nitrogens with one attached hydrogen (secondary N) is 1. The molecule has 0 bridgehead atoms. The number of carbonyl (C=O) groups is 1. The van der Waals surface area contributed by atoms with E-state index in [-0.39, 0.29) is 5.91 Å². The maximum atomic E-state index is 12.4. The zero-order valence-electron chi connectivity index (χ0n) is 15.2. The molecule has 0 aliphatic rings. The van der Waals surface area contributed by atoms with Gasteiger partial charge < -0.3 is 5.32 Å². The minimum atomic E-state index is -0.173. The highest BCUT2D eigenvalue weighted by atomic mass is 35.5. The van der Waals surface area contributed by atoms with Crippen molar-refractivity contribution in [2.45, 2.75) is 6.54 Å². The number of hydrogen-bond donors (Lipinski definition) is 1. The maximum absolute atomic E-state index is 12.4. The molecule has 0 radical (unpaired) electrons. The van der Waals surface area contributed by atoms with Gasteiger partial charge in [-0.2, -0.15) is 0 Å². The van der Waals surface area contributed by atoms with Crippen LogP contribution in [-0.4, -0.2) is 20.9 Å². The van der Waals surface area contributed by atoms with Crippen molar-refractivity contribution in [1.29, 1.82) is 0 Å². The van der Waals surface area contributed by atoms with Gasteiger partial charge in [0.15, 0.2) is 0 Å². The van der Waals surface area contributed by atoms with Gasteiger partial charge in [-0.15, -0.1) is 5.10 Å². The summed E-state index contributed by atoms with van der Waals surface area (Å²) in [6.45, 7) is 0.365. The molecule has 0 saturated heterocycles. The number of aromatic nitrogens is 3. The van der Waals surface area contributed by atoms with Gasteiger partial charge >= 0.3 is 0 Å². The van der Waals surface area contributed by atoms with Crippen molar-refractivity contribution in [2.75, 3.05) is 0 Å². The first-order valence-electron chi connectivity index (χ1n) is 8.90. The van der Waals surface area contributed by atoms with Gasteiger partial charge in [-0.1, -0.05) is 58.7 Å². The van der Waals surface area contributed by atoms with E-state index >= 15 is 0 Å². The molecule has 1 N–H and O–H groups in total. The van der Waals surface area contributed by atoms with Gasteiger partial charge in [-0.25, -0.2) is 4.68 Å². The second kappa shape index (κ2) is 8.47. The molecule has 29 heavy (non-hydrogen) atoms. The topological polar surface area (TPSA) is 59.8 Å². The lowest BCUT2D eigenvalue weighted by Crippen LogP contribution is -2.22. The summed E-state index contributed by atoms with van der Waals surface area (Å²) in [6, 6.07) is 22.1. The van der Waals surface area contributed by atoms with Gasteiger partial charge in [0.2, 0.25) is 0 Å². The van der Waals surface area contributed by atoms with Gasteiger partial charge in [-0.3, -0.25) is 4.79 Å². The summed E-state index contributed by atoms with van der Waals surface area (Å²) in [4.78, 5) is 12.4. The van der Waals surface area contributed by atoms with E-state index in [2.05, 4.69) is 15.6 Å². The number of amides is 1. The average Bonchev–Trinajstić information content (AvgIpc) is 3.23. The Morgan fingerprint density at radius 3 is 2.38 bits per heavy atom. The summed E-state index contributed by atoms with van der Waals surface area (Å²) in [5, 5.41) is 12.4. The fourth-order valence-electron chi connectivity index (χ4n) is 2.92. The van der Waals surface area contributed by atoms with E-state index in [0.29, 0.717) is 22.2 Å². The number of rotatable bonds is 5. The Kier molecular flexibility index (Phi) is 5.60. The van der Waals surface area contributed by atoms with Crippen LogP contribution in [0.25, 0.3) is 16.9 Å². The van der Waals surface area contributed by atoms with Crippen molar-refractivity contribution in [3.8, 4) is 16.9 Å². The molecule has 4 rings (SSSR count). The highest BCUT2D eigenvalue weighted by molar-refractivity contribution is 6.31. The van der Waals surface area contributed by atoms with Gasteiger partial charge in [0.05, 0.1) is 17.6 Å². The lowest BCUT2D eigenvalue weighted by molar-refractivity contribution is 0.0951. The van der Waals surface area contributed by atoms with Crippen LogP contribution in [0.4, 0.5) is 0 Å². The molecular formula is C22H16Cl2N4O. The molecule has 0 aliphatic heterocycles. The van der Waals surface area contributed by atoms with Crippen LogP contribution in [0.5, 0.6) is 0 Å². The first kappa shape index (κ1) is 19.2. The Bertz CT molecular complexity index is 1140. The van der Waals surface area contributed by atoms with E-state index in [1.807, 2.05) is 54.6 Å². The molecule has 3 aromatic carbocycles. The fraction of sp³-hybridized carbons (Fsp3) is 0.0455. The van der Waals surface area contributed by atoms with Crippen LogP contribution in [0.3, 0.4) is 0 Å². The van der Waals surface area contributed by atoms with Crippen LogP contribution in [0, 0.1) is 0 Å². The monoisotopic (exact) mass is 422 g/mol. The first-order valence-corrected chi connectivity index (χ1v) is 9.66. The largest absolute Gasteiger partial charge is 0.348 e.